The number of amides is 1. The number of pyridine rings is 1. The summed E-state index contributed by atoms with van der Waals surface area (Å²) in [6.45, 7) is 2.44. The Balaban J connectivity index is 1.61. The fraction of sp³-hybridized carbons (Fsp3) is 0.100. The highest BCUT2D eigenvalue weighted by Crippen LogP contribution is 2.22. The number of aryl methyl sites for hydroxylation is 1. The van der Waals surface area contributed by atoms with Crippen molar-refractivity contribution in [1.82, 2.24) is 10.3 Å². The SMILES string of the molecule is Cc1ccc(Nc2ccc(C(=O)NCc3ccccc3)cn2)cc1Cl. The summed E-state index contributed by atoms with van der Waals surface area (Å²) in [5.41, 5.74) is 3.44. The molecule has 0 spiro atoms. The number of carbonyl (C=O) groups excluding carboxylic acids is 1. The molecule has 1 amide bonds. The van der Waals surface area contributed by atoms with Crippen LogP contribution in [0.5, 0.6) is 0 Å². The molecule has 0 saturated heterocycles. The minimum Gasteiger partial charge on any atom is -0.348 e. The minimum atomic E-state index is -0.152. The minimum absolute atomic E-state index is 0.152. The van der Waals surface area contributed by atoms with Crippen LogP contribution < -0.4 is 10.6 Å². The third-order valence-corrected chi connectivity index (χ3v) is 4.17. The molecule has 2 aromatic carbocycles. The Labute approximate surface area is 151 Å². The van der Waals surface area contributed by atoms with E-state index in [1.807, 2.05) is 55.5 Å². The van der Waals surface area contributed by atoms with E-state index in [0.29, 0.717) is 22.9 Å². The van der Waals surface area contributed by atoms with Crippen LogP contribution in [0.1, 0.15) is 21.5 Å². The van der Waals surface area contributed by atoms with Crippen molar-refractivity contribution in [3.63, 3.8) is 0 Å². The molecule has 5 heteroatoms. The topological polar surface area (TPSA) is 54.0 Å². The number of nitrogens with one attached hydrogen (secondary N) is 2. The summed E-state index contributed by atoms with van der Waals surface area (Å²) in [7, 11) is 0. The first-order chi connectivity index (χ1) is 12.1. The lowest BCUT2D eigenvalue weighted by atomic mass is 10.2. The van der Waals surface area contributed by atoms with E-state index in [1.54, 1.807) is 18.3 Å². The Morgan fingerprint density at radius 3 is 2.56 bits per heavy atom. The van der Waals surface area contributed by atoms with Crippen LogP contribution in [0.15, 0.2) is 66.9 Å². The highest BCUT2D eigenvalue weighted by molar-refractivity contribution is 6.31. The third kappa shape index (κ3) is 4.58. The Bertz CT molecular complexity index is 864. The number of carbonyl (C=O) groups is 1. The molecule has 25 heavy (non-hydrogen) atoms. The molecule has 1 heterocycles. The van der Waals surface area contributed by atoms with Gasteiger partial charge in [0.25, 0.3) is 5.91 Å². The molecule has 0 fully saturated rings. The molecule has 0 bridgehead atoms. The van der Waals surface area contributed by atoms with Gasteiger partial charge in [-0.3, -0.25) is 4.79 Å². The maximum absolute atomic E-state index is 12.2. The third-order valence-electron chi connectivity index (χ3n) is 3.77. The second-order valence-corrected chi connectivity index (χ2v) is 6.10. The van der Waals surface area contributed by atoms with E-state index >= 15 is 0 Å². The van der Waals surface area contributed by atoms with Gasteiger partial charge < -0.3 is 10.6 Å². The van der Waals surface area contributed by atoms with Crippen molar-refractivity contribution in [3.05, 3.63) is 88.6 Å². The number of halogens is 1. The lowest BCUT2D eigenvalue weighted by molar-refractivity contribution is 0.0950. The molecule has 0 aliphatic heterocycles. The van der Waals surface area contributed by atoms with Crippen molar-refractivity contribution in [1.29, 1.82) is 0 Å². The number of nitrogens with zero attached hydrogens (tertiary/aromatic N) is 1. The molecule has 2 N–H and O–H groups in total. The number of hydrogen-bond acceptors (Lipinski definition) is 3. The van der Waals surface area contributed by atoms with Gasteiger partial charge in [0, 0.05) is 23.5 Å². The first-order valence-corrected chi connectivity index (χ1v) is 8.31. The monoisotopic (exact) mass is 351 g/mol. The van der Waals surface area contributed by atoms with Gasteiger partial charge in [0.2, 0.25) is 0 Å². The normalized spacial score (nSPS) is 10.3. The predicted octanol–water partition coefficient (Wildman–Crippen LogP) is 4.72. The fourth-order valence-corrected chi connectivity index (χ4v) is 2.48. The zero-order valence-corrected chi connectivity index (χ0v) is 14.5. The van der Waals surface area contributed by atoms with Crippen LogP contribution in [-0.4, -0.2) is 10.9 Å². The summed E-state index contributed by atoms with van der Waals surface area (Å²) < 4.78 is 0. The van der Waals surface area contributed by atoms with Gasteiger partial charge in [-0.25, -0.2) is 4.98 Å². The maximum atomic E-state index is 12.2. The number of hydrogen-bond donors (Lipinski definition) is 2. The largest absolute Gasteiger partial charge is 0.348 e. The number of benzene rings is 2. The van der Waals surface area contributed by atoms with Gasteiger partial charge in [0.05, 0.1) is 5.56 Å². The lowest BCUT2D eigenvalue weighted by Crippen LogP contribution is -2.22. The molecule has 4 nitrogen and oxygen atoms in total. The molecule has 0 saturated carbocycles. The average molecular weight is 352 g/mol. The molecule has 126 valence electrons. The van der Waals surface area contributed by atoms with Crippen molar-refractivity contribution >= 4 is 29.0 Å². The molecule has 0 atom stereocenters. The van der Waals surface area contributed by atoms with E-state index in [2.05, 4.69) is 15.6 Å². The zero-order valence-electron chi connectivity index (χ0n) is 13.8. The van der Waals surface area contributed by atoms with Crippen molar-refractivity contribution in [2.75, 3.05) is 5.32 Å². The van der Waals surface area contributed by atoms with E-state index in [9.17, 15) is 4.79 Å². The average Bonchev–Trinajstić information content (AvgIpc) is 2.64. The molecule has 0 radical (unpaired) electrons. The van der Waals surface area contributed by atoms with Gasteiger partial charge in [0.1, 0.15) is 5.82 Å². The zero-order chi connectivity index (χ0) is 17.6. The Kier molecular flexibility index (Phi) is 5.31. The highest BCUT2D eigenvalue weighted by atomic mass is 35.5. The summed E-state index contributed by atoms with van der Waals surface area (Å²) in [4.78, 5) is 16.5. The van der Waals surface area contributed by atoms with E-state index in [-0.39, 0.29) is 5.91 Å². The molecule has 0 unspecified atom stereocenters. The van der Waals surface area contributed by atoms with Crippen LogP contribution in [-0.2, 0) is 6.54 Å². The van der Waals surface area contributed by atoms with Crippen LogP contribution in [0.25, 0.3) is 0 Å². The van der Waals surface area contributed by atoms with Gasteiger partial charge in [-0.15, -0.1) is 0 Å². The Morgan fingerprint density at radius 2 is 1.88 bits per heavy atom. The van der Waals surface area contributed by atoms with Crippen LogP contribution in [0.3, 0.4) is 0 Å². The van der Waals surface area contributed by atoms with Crippen LogP contribution in [0.2, 0.25) is 5.02 Å². The van der Waals surface area contributed by atoms with E-state index in [1.165, 1.54) is 0 Å². The summed E-state index contributed by atoms with van der Waals surface area (Å²) in [6.07, 6.45) is 1.55. The summed E-state index contributed by atoms with van der Waals surface area (Å²) in [5, 5.41) is 6.75. The molecule has 1 aromatic heterocycles. The first-order valence-electron chi connectivity index (χ1n) is 7.93. The summed E-state index contributed by atoms with van der Waals surface area (Å²) >= 11 is 6.12. The van der Waals surface area contributed by atoms with Crippen molar-refractivity contribution in [3.8, 4) is 0 Å². The molecule has 3 aromatic rings. The second-order valence-electron chi connectivity index (χ2n) is 5.69. The van der Waals surface area contributed by atoms with Gasteiger partial charge in [0.15, 0.2) is 0 Å². The van der Waals surface area contributed by atoms with Crippen LogP contribution >= 0.6 is 11.6 Å². The molecule has 3 rings (SSSR count). The van der Waals surface area contributed by atoms with Gasteiger partial charge in [-0.1, -0.05) is 48.0 Å². The van der Waals surface area contributed by atoms with E-state index in [0.717, 1.165) is 16.8 Å². The highest BCUT2D eigenvalue weighted by Gasteiger charge is 2.06. The maximum Gasteiger partial charge on any atom is 0.253 e. The molecule has 0 aliphatic carbocycles. The van der Waals surface area contributed by atoms with Crippen molar-refractivity contribution in [2.24, 2.45) is 0 Å². The number of aromatic nitrogens is 1. The standard InChI is InChI=1S/C20H18ClN3O/c1-14-7-9-17(11-18(14)21)24-19-10-8-16(13-22-19)20(25)23-12-15-5-3-2-4-6-15/h2-11,13H,12H2,1H3,(H,22,24)(H,23,25). The predicted molar refractivity (Wildman–Crippen MR) is 101 cm³/mol. The fourth-order valence-electron chi connectivity index (χ4n) is 2.30. The van der Waals surface area contributed by atoms with Crippen molar-refractivity contribution in [2.45, 2.75) is 13.5 Å². The van der Waals surface area contributed by atoms with Gasteiger partial charge >= 0.3 is 0 Å². The quantitative estimate of drug-likeness (QED) is 0.699. The number of rotatable bonds is 5. The van der Waals surface area contributed by atoms with Gasteiger partial charge in [-0.2, -0.15) is 0 Å². The molecular formula is C20H18ClN3O. The Morgan fingerprint density at radius 1 is 1.08 bits per heavy atom. The lowest BCUT2D eigenvalue weighted by Gasteiger charge is -2.08. The van der Waals surface area contributed by atoms with E-state index in [4.69, 9.17) is 11.6 Å². The molecular weight excluding hydrogens is 334 g/mol. The van der Waals surface area contributed by atoms with Crippen LogP contribution in [0.4, 0.5) is 11.5 Å². The van der Waals surface area contributed by atoms with Gasteiger partial charge in [-0.05, 0) is 42.3 Å². The molecule has 0 aliphatic rings. The van der Waals surface area contributed by atoms with E-state index < -0.39 is 0 Å². The first kappa shape index (κ1) is 17.0. The second kappa shape index (κ2) is 7.81. The summed E-state index contributed by atoms with van der Waals surface area (Å²) in [5.74, 6) is 0.501. The number of anilines is 2. The van der Waals surface area contributed by atoms with Crippen LogP contribution in [0, 0.1) is 6.92 Å². The Hall–Kier alpha value is -2.85. The van der Waals surface area contributed by atoms with Crippen molar-refractivity contribution < 1.29 is 4.79 Å². The summed E-state index contributed by atoms with van der Waals surface area (Å²) in [6, 6.07) is 19.0. The smallest absolute Gasteiger partial charge is 0.253 e.